The summed E-state index contributed by atoms with van der Waals surface area (Å²) in [5.74, 6) is 1.86. The van der Waals surface area contributed by atoms with Crippen LogP contribution in [-0.2, 0) is 6.54 Å². The summed E-state index contributed by atoms with van der Waals surface area (Å²) in [6, 6.07) is 4.10. The van der Waals surface area contributed by atoms with Crippen molar-refractivity contribution in [3.05, 3.63) is 23.3 Å². The first-order chi connectivity index (χ1) is 7.37. The molecule has 0 N–H and O–H groups in total. The monoisotopic (exact) mass is 303 g/mol. The van der Waals surface area contributed by atoms with Crippen LogP contribution in [0.25, 0.3) is 0 Å². The Morgan fingerprint density at radius 3 is 1.94 bits per heavy atom. The molecular weight excluding hydrogens is 282 g/mol. The Morgan fingerprint density at radius 1 is 1.00 bits per heavy atom. The lowest BCUT2D eigenvalue weighted by Crippen LogP contribution is -3.00. The van der Waals surface area contributed by atoms with Crippen molar-refractivity contribution in [1.82, 2.24) is 0 Å². The van der Waals surface area contributed by atoms with E-state index < -0.39 is 0 Å². The Labute approximate surface area is 115 Å². The van der Waals surface area contributed by atoms with Gasteiger partial charge in [-0.25, -0.2) is 0 Å². The Bertz CT molecular complexity index is 372. The van der Waals surface area contributed by atoms with E-state index >= 15 is 0 Å². The molecule has 3 nitrogen and oxygen atoms in total. The normalized spacial score (nSPS) is 10.7. The number of halogens is 1. The Balaban J connectivity index is 0.00000256. The molecule has 0 amide bonds. The fourth-order valence-electron chi connectivity index (χ4n) is 1.75. The van der Waals surface area contributed by atoms with Crippen LogP contribution in [0.2, 0.25) is 0 Å². The lowest BCUT2D eigenvalue weighted by Gasteiger charge is -2.25. The van der Waals surface area contributed by atoms with Crippen LogP contribution in [0, 0.1) is 6.92 Å². The van der Waals surface area contributed by atoms with Crippen molar-refractivity contribution < 1.29 is 30.9 Å². The molecule has 1 rings (SSSR count). The number of hydrogen-bond acceptors (Lipinski definition) is 2. The van der Waals surface area contributed by atoms with Crippen LogP contribution < -0.4 is 26.5 Å². The van der Waals surface area contributed by atoms with E-state index in [1.165, 1.54) is 5.56 Å². The molecule has 0 atom stereocenters. The zero-order chi connectivity index (χ0) is 12.3. The maximum absolute atomic E-state index is 5.41. The zero-order valence-electron chi connectivity index (χ0n) is 11.5. The number of ether oxygens (including phenoxy) is 2. The summed E-state index contributed by atoms with van der Waals surface area (Å²) in [6.45, 7) is 2.94. The molecule has 0 bridgehead atoms. The van der Waals surface area contributed by atoms with Gasteiger partial charge in [0.1, 0.15) is 18.0 Å². The molecule has 4 heteroatoms. The first-order valence-corrected chi connectivity index (χ1v) is 5.39. The summed E-state index contributed by atoms with van der Waals surface area (Å²) in [4.78, 5) is 0. The molecule has 0 aromatic heterocycles. The number of nitrogens with zero attached hydrogens (tertiary/aromatic N) is 1. The third-order valence-corrected chi connectivity index (χ3v) is 2.44. The smallest absolute Gasteiger partial charge is 0.128 e. The van der Waals surface area contributed by atoms with E-state index in [1.807, 2.05) is 13.0 Å². The van der Waals surface area contributed by atoms with E-state index in [1.54, 1.807) is 14.2 Å². The van der Waals surface area contributed by atoms with Gasteiger partial charge < -0.3 is 30.9 Å². The molecule has 0 aliphatic rings. The number of hydrogen-bond donors (Lipinski definition) is 0. The van der Waals surface area contributed by atoms with Gasteiger partial charge in [-0.15, -0.1) is 0 Å². The summed E-state index contributed by atoms with van der Waals surface area (Å²) in [5.41, 5.74) is 2.28. The predicted octanol–water partition coefficient (Wildman–Crippen LogP) is -0.778. The van der Waals surface area contributed by atoms with E-state index in [2.05, 4.69) is 27.2 Å². The predicted molar refractivity (Wildman–Crippen MR) is 66.0 cm³/mol. The second-order valence-electron chi connectivity index (χ2n) is 5.08. The molecule has 98 valence electrons. The number of quaternary nitrogens is 1. The van der Waals surface area contributed by atoms with Gasteiger partial charge in [0.2, 0.25) is 0 Å². The van der Waals surface area contributed by atoms with Crippen LogP contribution in [0.1, 0.15) is 11.1 Å². The molecule has 1 aromatic rings. The summed E-state index contributed by atoms with van der Waals surface area (Å²) in [5, 5.41) is 0. The Morgan fingerprint density at radius 2 is 1.53 bits per heavy atom. The number of benzene rings is 1. The van der Waals surface area contributed by atoms with Crippen molar-refractivity contribution in [3.63, 3.8) is 0 Å². The minimum Gasteiger partial charge on any atom is -1.00 e. The van der Waals surface area contributed by atoms with Gasteiger partial charge >= 0.3 is 0 Å². The highest BCUT2D eigenvalue weighted by Gasteiger charge is 2.15. The quantitative estimate of drug-likeness (QED) is 0.680. The maximum Gasteiger partial charge on any atom is 0.128 e. The van der Waals surface area contributed by atoms with Crippen molar-refractivity contribution in [1.29, 1.82) is 0 Å². The second kappa shape index (κ2) is 6.26. The number of rotatable bonds is 4. The summed E-state index contributed by atoms with van der Waals surface area (Å²) in [7, 11) is 9.88. The number of methoxy groups -OCH3 is 2. The lowest BCUT2D eigenvalue weighted by atomic mass is 10.1. The van der Waals surface area contributed by atoms with E-state index in [-0.39, 0.29) is 17.0 Å². The minimum absolute atomic E-state index is 0. The molecule has 0 aliphatic heterocycles. The van der Waals surface area contributed by atoms with Gasteiger partial charge in [-0.2, -0.15) is 0 Å². The van der Waals surface area contributed by atoms with Gasteiger partial charge in [0.15, 0.2) is 0 Å². The van der Waals surface area contributed by atoms with E-state index in [9.17, 15) is 0 Å². The average Bonchev–Trinajstić information content (AvgIpc) is 2.18. The van der Waals surface area contributed by atoms with Gasteiger partial charge in [-0.05, 0) is 24.6 Å². The van der Waals surface area contributed by atoms with Gasteiger partial charge in [-0.1, -0.05) is 0 Å². The third-order valence-electron chi connectivity index (χ3n) is 2.44. The first kappa shape index (κ1) is 16.3. The first-order valence-electron chi connectivity index (χ1n) is 5.39. The van der Waals surface area contributed by atoms with Crippen LogP contribution in [0.3, 0.4) is 0 Å². The fourth-order valence-corrected chi connectivity index (χ4v) is 1.75. The third kappa shape index (κ3) is 4.56. The minimum atomic E-state index is 0. The van der Waals surface area contributed by atoms with Gasteiger partial charge in [0.05, 0.1) is 40.9 Å². The summed E-state index contributed by atoms with van der Waals surface area (Å²) >= 11 is 0. The molecule has 0 fully saturated rings. The van der Waals surface area contributed by atoms with Crippen molar-refractivity contribution in [3.8, 4) is 11.5 Å². The van der Waals surface area contributed by atoms with Crippen LogP contribution in [0.15, 0.2) is 12.1 Å². The largest absolute Gasteiger partial charge is 1.00 e. The van der Waals surface area contributed by atoms with E-state index in [4.69, 9.17) is 9.47 Å². The Hall–Kier alpha value is -0.740. The SMILES string of the molecule is COc1cc(C[N+](C)(C)C)c(OC)cc1C.[Br-]. The highest BCUT2D eigenvalue weighted by Crippen LogP contribution is 2.29. The molecule has 1 aromatic carbocycles. The summed E-state index contributed by atoms with van der Waals surface area (Å²) < 4.78 is 11.6. The van der Waals surface area contributed by atoms with Crippen molar-refractivity contribution in [2.45, 2.75) is 13.5 Å². The van der Waals surface area contributed by atoms with E-state index in [0.29, 0.717) is 0 Å². The molecule has 0 unspecified atom stereocenters. The molecule has 17 heavy (non-hydrogen) atoms. The van der Waals surface area contributed by atoms with Crippen molar-refractivity contribution >= 4 is 0 Å². The average molecular weight is 304 g/mol. The molecule has 0 heterocycles. The molecule has 0 aliphatic carbocycles. The van der Waals surface area contributed by atoms with E-state index in [0.717, 1.165) is 28.1 Å². The molecular formula is C13H22BrNO2. The molecule has 0 spiro atoms. The highest BCUT2D eigenvalue weighted by atomic mass is 79.9. The molecule has 0 radical (unpaired) electrons. The standard InChI is InChI=1S/C13H22NO2.BrH/c1-10-7-13(16-6)11(8-12(10)15-5)9-14(2,3)4;/h7-8H,9H2,1-6H3;1H/q+1;/p-1. The van der Waals surface area contributed by atoms with Crippen LogP contribution >= 0.6 is 0 Å². The summed E-state index contributed by atoms with van der Waals surface area (Å²) in [6.07, 6.45) is 0. The fraction of sp³-hybridized carbons (Fsp3) is 0.538. The number of aryl methyl sites for hydroxylation is 1. The molecule has 0 saturated heterocycles. The lowest BCUT2D eigenvalue weighted by molar-refractivity contribution is -0.884. The van der Waals surface area contributed by atoms with Crippen molar-refractivity contribution in [2.75, 3.05) is 35.4 Å². The zero-order valence-corrected chi connectivity index (χ0v) is 13.1. The van der Waals surface area contributed by atoms with Gasteiger partial charge in [0, 0.05) is 0 Å². The molecule has 0 saturated carbocycles. The van der Waals surface area contributed by atoms with Crippen LogP contribution in [0.4, 0.5) is 0 Å². The van der Waals surface area contributed by atoms with Crippen molar-refractivity contribution in [2.24, 2.45) is 0 Å². The maximum atomic E-state index is 5.41. The topological polar surface area (TPSA) is 18.5 Å². The van der Waals surface area contributed by atoms with Gasteiger partial charge in [-0.3, -0.25) is 0 Å². The van der Waals surface area contributed by atoms with Crippen LogP contribution in [0.5, 0.6) is 11.5 Å². The second-order valence-corrected chi connectivity index (χ2v) is 5.08. The van der Waals surface area contributed by atoms with Gasteiger partial charge in [0.25, 0.3) is 0 Å². The Kier molecular flexibility index (Phi) is 5.99. The highest BCUT2D eigenvalue weighted by molar-refractivity contribution is 5.45. The van der Waals surface area contributed by atoms with Crippen LogP contribution in [-0.4, -0.2) is 39.8 Å².